The van der Waals surface area contributed by atoms with E-state index in [2.05, 4.69) is 22.4 Å². The van der Waals surface area contributed by atoms with Gasteiger partial charge in [0.2, 0.25) is 11.0 Å². The van der Waals surface area contributed by atoms with Crippen molar-refractivity contribution in [3.8, 4) is 0 Å². The van der Waals surface area contributed by atoms with Crippen molar-refractivity contribution in [3.63, 3.8) is 0 Å². The topological polar surface area (TPSA) is 58.1 Å². The van der Waals surface area contributed by atoms with E-state index >= 15 is 0 Å². The van der Waals surface area contributed by atoms with Crippen LogP contribution in [0.5, 0.6) is 0 Å². The molecule has 1 aromatic heterocycles. The van der Waals surface area contributed by atoms with E-state index in [4.69, 9.17) is 0 Å². The number of likely N-dealkylation sites (tertiary alicyclic amines) is 1. The van der Waals surface area contributed by atoms with Crippen LogP contribution in [0.3, 0.4) is 0 Å². The first-order valence-electron chi connectivity index (χ1n) is 7.80. The molecule has 1 amide bonds. The standard InChI is InChI=1S/C16H20N4OS2/c1-12-7-5-6-10-20(12)14(21)11-22-16-19-18-15(23-16)17-13-8-3-2-4-9-13/h2-4,8-9,12H,5-7,10-11H2,1H3,(H,17,18). The number of carbonyl (C=O) groups excluding carboxylic acids is 1. The lowest BCUT2D eigenvalue weighted by molar-refractivity contribution is -0.131. The predicted molar refractivity (Wildman–Crippen MR) is 95.4 cm³/mol. The molecule has 1 N–H and O–H groups in total. The minimum Gasteiger partial charge on any atom is -0.339 e. The molecular formula is C16H20N4OS2. The van der Waals surface area contributed by atoms with Gasteiger partial charge in [-0.25, -0.2) is 0 Å². The van der Waals surface area contributed by atoms with Crippen molar-refractivity contribution in [1.82, 2.24) is 15.1 Å². The predicted octanol–water partition coefficient (Wildman–Crippen LogP) is 3.77. The van der Waals surface area contributed by atoms with Crippen molar-refractivity contribution in [3.05, 3.63) is 30.3 Å². The second-order valence-electron chi connectivity index (χ2n) is 5.58. The van der Waals surface area contributed by atoms with Gasteiger partial charge >= 0.3 is 0 Å². The summed E-state index contributed by atoms with van der Waals surface area (Å²) in [7, 11) is 0. The van der Waals surface area contributed by atoms with Crippen molar-refractivity contribution in [2.45, 2.75) is 36.6 Å². The third-order valence-electron chi connectivity index (χ3n) is 3.87. The van der Waals surface area contributed by atoms with E-state index < -0.39 is 0 Å². The number of anilines is 2. The molecule has 5 nitrogen and oxygen atoms in total. The molecule has 2 heterocycles. The van der Waals surface area contributed by atoms with Crippen LogP contribution in [0.1, 0.15) is 26.2 Å². The quantitative estimate of drug-likeness (QED) is 0.834. The zero-order chi connectivity index (χ0) is 16.1. The Bertz CT molecular complexity index is 647. The van der Waals surface area contributed by atoms with Gasteiger partial charge in [-0.05, 0) is 38.3 Å². The Kier molecular flexibility index (Phi) is 5.51. The highest BCUT2D eigenvalue weighted by Gasteiger charge is 2.23. The number of amides is 1. The fraction of sp³-hybridized carbons (Fsp3) is 0.438. The zero-order valence-corrected chi connectivity index (χ0v) is 14.7. The highest BCUT2D eigenvalue weighted by molar-refractivity contribution is 8.01. The van der Waals surface area contributed by atoms with Gasteiger partial charge in [-0.1, -0.05) is 41.3 Å². The zero-order valence-electron chi connectivity index (χ0n) is 13.1. The van der Waals surface area contributed by atoms with E-state index in [0.29, 0.717) is 11.8 Å². The van der Waals surface area contributed by atoms with E-state index in [1.807, 2.05) is 35.2 Å². The number of hydrogen-bond acceptors (Lipinski definition) is 6. The summed E-state index contributed by atoms with van der Waals surface area (Å²) in [4.78, 5) is 14.3. The number of aromatic nitrogens is 2. The first-order chi connectivity index (χ1) is 11.2. The molecule has 122 valence electrons. The van der Waals surface area contributed by atoms with Crippen LogP contribution in [0.15, 0.2) is 34.7 Å². The Morgan fingerprint density at radius 2 is 2.17 bits per heavy atom. The number of benzene rings is 1. The average Bonchev–Trinajstić information content (AvgIpc) is 3.01. The van der Waals surface area contributed by atoms with Crippen molar-refractivity contribution < 1.29 is 4.79 Å². The molecule has 1 aromatic carbocycles. The number of thioether (sulfide) groups is 1. The molecule has 1 unspecified atom stereocenters. The van der Waals surface area contributed by atoms with E-state index in [1.54, 1.807) is 0 Å². The molecule has 1 aliphatic rings. The molecule has 0 saturated carbocycles. The summed E-state index contributed by atoms with van der Waals surface area (Å²) in [5.74, 6) is 0.639. The van der Waals surface area contributed by atoms with E-state index in [9.17, 15) is 4.79 Å². The lowest BCUT2D eigenvalue weighted by Gasteiger charge is -2.33. The number of para-hydroxylation sites is 1. The van der Waals surface area contributed by atoms with Crippen LogP contribution in [0.25, 0.3) is 0 Å². The first-order valence-corrected chi connectivity index (χ1v) is 9.60. The van der Waals surface area contributed by atoms with E-state index in [1.165, 1.54) is 29.5 Å². The fourth-order valence-corrected chi connectivity index (χ4v) is 4.30. The third kappa shape index (κ3) is 4.45. The number of nitrogens with one attached hydrogen (secondary N) is 1. The van der Waals surface area contributed by atoms with Gasteiger partial charge in [0, 0.05) is 18.3 Å². The smallest absolute Gasteiger partial charge is 0.233 e. The second kappa shape index (κ2) is 7.79. The minimum absolute atomic E-state index is 0.204. The Balaban J connectivity index is 1.52. The molecule has 1 atom stereocenters. The maximum atomic E-state index is 12.3. The highest BCUT2D eigenvalue weighted by Crippen LogP contribution is 2.28. The maximum absolute atomic E-state index is 12.3. The van der Waals surface area contributed by atoms with Crippen molar-refractivity contribution >= 4 is 39.8 Å². The number of carbonyl (C=O) groups is 1. The van der Waals surface area contributed by atoms with E-state index in [0.717, 1.165) is 34.5 Å². The molecule has 0 aliphatic carbocycles. The van der Waals surface area contributed by atoms with Crippen LogP contribution in [0, 0.1) is 0 Å². The second-order valence-corrected chi connectivity index (χ2v) is 7.78. The normalized spacial score (nSPS) is 18.0. The molecule has 0 radical (unpaired) electrons. The van der Waals surface area contributed by atoms with E-state index in [-0.39, 0.29) is 5.91 Å². The summed E-state index contributed by atoms with van der Waals surface area (Å²) in [6, 6.07) is 10.2. The number of nitrogens with zero attached hydrogens (tertiary/aromatic N) is 3. The fourth-order valence-electron chi connectivity index (χ4n) is 2.64. The molecule has 1 fully saturated rings. The molecule has 2 aromatic rings. The summed E-state index contributed by atoms with van der Waals surface area (Å²) in [6.45, 7) is 3.02. The minimum atomic E-state index is 0.204. The van der Waals surface area contributed by atoms with Crippen LogP contribution >= 0.6 is 23.1 Å². The molecule has 0 spiro atoms. The summed E-state index contributed by atoms with van der Waals surface area (Å²) >= 11 is 2.95. The van der Waals surface area contributed by atoms with Gasteiger partial charge in [-0.3, -0.25) is 4.79 Å². The molecular weight excluding hydrogens is 328 g/mol. The molecule has 3 rings (SSSR count). The maximum Gasteiger partial charge on any atom is 0.233 e. The monoisotopic (exact) mass is 348 g/mol. The Labute approximate surface area is 144 Å². The Morgan fingerprint density at radius 1 is 1.35 bits per heavy atom. The van der Waals surface area contributed by atoms with Gasteiger partial charge in [-0.15, -0.1) is 10.2 Å². The van der Waals surface area contributed by atoms with Gasteiger partial charge < -0.3 is 10.2 Å². The van der Waals surface area contributed by atoms with Crippen LogP contribution in [-0.4, -0.2) is 39.3 Å². The number of rotatable bonds is 5. The lowest BCUT2D eigenvalue weighted by Crippen LogP contribution is -2.42. The van der Waals surface area contributed by atoms with Crippen LogP contribution in [0.4, 0.5) is 10.8 Å². The molecule has 7 heteroatoms. The summed E-state index contributed by atoms with van der Waals surface area (Å²) in [5, 5.41) is 12.2. The molecule has 0 bridgehead atoms. The SMILES string of the molecule is CC1CCCCN1C(=O)CSc1nnc(Nc2ccccc2)s1. The first kappa shape index (κ1) is 16.3. The van der Waals surface area contributed by atoms with Gasteiger partial charge in [0.25, 0.3) is 0 Å². The number of hydrogen-bond donors (Lipinski definition) is 1. The molecule has 1 saturated heterocycles. The highest BCUT2D eigenvalue weighted by atomic mass is 32.2. The van der Waals surface area contributed by atoms with Gasteiger partial charge in [0.1, 0.15) is 0 Å². The Morgan fingerprint density at radius 3 is 2.96 bits per heavy atom. The van der Waals surface area contributed by atoms with Crippen LogP contribution in [-0.2, 0) is 4.79 Å². The summed E-state index contributed by atoms with van der Waals surface area (Å²) in [6.07, 6.45) is 3.45. The summed E-state index contributed by atoms with van der Waals surface area (Å²) in [5.41, 5.74) is 0.985. The van der Waals surface area contributed by atoms with Gasteiger partial charge in [0.15, 0.2) is 4.34 Å². The molecule has 1 aliphatic heterocycles. The van der Waals surface area contributed by atoms with Crippen molar-refractivity contribution in [1.29, 1.82) is 0 Å². The van der Waals surface area contributed by atoms with Crippen molar-refractivity contribution in [2.75, 3.05) is 17.6 Å². The summed E-state index contributed by atoms with van der Waals surface area (Å²) < 4.78 is 0.821. The Hall–Kier alpha value is -1.60. The van der Waals surface area contributed by atoms with Gasteiger partial charge in [0.05, 0.1) is 5.75 Å². The van der Waals surface area contributed by atoms with Crippen LogP contribution in [0.2, 0.25) is 0 Å². The third-order valence-corrected chi connectivity index (χ3v) is 5.83. The molecule has 23 heavy (non-hydrogen) atoms. The lowest BCUT2D eigenvalue weighted by atomic mass is 10.0. The van der Waals surface area contributed by atoms with Crippen LogP contribution < -0.4 is 5.32 Å². The average molecular weight is 348 g/mol. The van der Waals surface area contributed by atoms with Gasteiger partial charge in [-0.2, -0.15) is 0 Å². The number of piperidine rings is 1. The van der Waals surface area contributed by atoms with Crippen molar-refractivity contribution in [2.24, 2.45) is 0 Å². The largest absolute Gasteiger partial charge is 0.339 e.